The van der Waals surface area contributed by atoms with Crippen LogP contribution in [0, 0.1) is 6.92 Å². The van der Waals surface area contributed by atoms with Crippen LogP contribution in [0.15, 0.2) is 23.0 Å². The maximum atomic E-state index is 5.89. The molecule has 0 bridgehead atoms. The lowest BCUT2D eigenvalue weighted by atomic mass is 10.4. The molecule has 1 aromatic heterocycles. The molecule has 0 unspecified atom stereocenters. The number of halogens is 1. The fourth-order valence-electron chi connectivity index (χ4n) is 1.11. The maximum Gasteiger partial charge on any atom is 0.153 e. The molecule has 0 radical (unpaired) electrons. The minimum atomic E-state index is 0.448. The molecule has 0 aromatic carbocycles. The Morgan fingerprint density at radius 2 is 2.50 bits per heavy atom. The second-order valence-electron chi connectivity index (χ2n) is 2.95. The van der Waals surface area contributed by atoms with Gasteiger partial charge in [0.1, 0.15) is 12.5 Å². The third kappa shape index (κ3) is 1.88. The van der Waals surface area contributed by atoms with E-state index in [0.717, 1.165) is 17.3 Å². The number of H-pyrrole nitrogens is 1. The number of aromatic amines is 1. The molecular weight excluding hydrogens is 202 g/mol. The minimum absolute atomic E-state index is 0.448. The molecule has 0 fully saturated rings. The average Bonchev–Trinajstić information content (AvgIpc) is 2.56. The summed E-state index contributed by atoms with van der Waals surface area (Å²) in [6, 6.07) is 1.90. The molecule has 1 aromatic rings. The molecule has 0 saturated carbocycles. The first-order valence-electron chi connectivity index (χ1n) is 4.18. The first-order chi connectivity index (χ1) is 6.75. The third-order valence-corrected chi connectivity index (χ3v) is 2.06. The van der Waals surface area contributed by atoms with Gasteiger partial charge >= 0.3 is 0 Å². The van der Waals surface area contributed by atoms with Crippen molar-refractivity contribution in [3.8, 4) is 0 Å². The highest BCUT2D eigenvalue weighted by atomic mass is 35.5. The van der Waals surface area contributed by atoms with Crippen LogP contribution in [0.5, 0.6) is 0 Å². The van der Waals surface area contributed by atoms with Crippen molar-refractivity contribution in [2.45, 2.75) is 6.92 Å². The van der Waals surface area contributed by atoms with E-state index in [-0.39, 0.29) is 0 Å². The molecule has 1 aliphatic heterocycles. The van der Waals surface area contributed by atoms with Gasteiger partial charge in [-0.05, 0) is 13.0 Å². The van der Waals surface area contributed by atoms with Gasteiger partial charge in [-0.1, -0.05) is 0 Å². The number of aromatic nitrogens is 2. The molecule has 1 aliphatic rings. The van der Waals surface area contributed by atoms with E-state index < -0.39 is 0 Å². The van der Waals surface area contributed by atoms with Gasteiger partial charge in [0.15, 0.2) is 5.82 Å². The second kappa shape index (κ2) is 3.71. The van der Waals surface area contributed by atoms with E-state index >= 15 is 0 Å². The summed E-state index contributed by atoms with van der Waals surface area (Å²) in [6.45, 7) is 2.39. The average molecular weight is 212 g/mol. The number of aliphatic imine (C=N–C) groups is 1. The Balaban J connectivity index is 2.10. The Hall–Kier alpha value is -1.49. The van der Waals surface area contributed by atoms with Gasteiger partial charge in [0.2, 0.25) is 0 Å². The van der Waals surface area contributed by atoms with Crippen LogP contribution in [-0.2, 0) is 0 Å². The van der Waals surface area contributed by atoms with Crippen molar-refractivity contribution in [1.82, 2.24) is 14.6 Å². The van der Waals surface area contributed by atoms with Gasteiger partial charge in [0.25, 0.3) is 0 Å². The molecular formula is C8H10ClN5. The predicted octanol–water partition coefficient (Wildman–Crippen LogP) is 1.47. The number of rotatable bonds is 2. The molecule has 0 atom stereocenters. The van der Waals surface area contributed by atoms with Crippen LogP contribution in [0.2, 0.25) is 0 Å². The lowest BCUT2D eigenvalue weighted by molar-refractivity contribution is 0.573. The molecule has 0 spiro atoms. The summed E-state index contributed by atoms with van der Waals surface area (Å²) >= 11 is 5.89. The zero-order valence-electron chi connectivity index (χ0n) is 7.66. The maximum absolute atomic E-state index is 5.89. The number of hydrogen-bond donors (Lipinski definition) is 2. The number of anilines is 1. The van der Waals surface area contributed by atoms with Crippen molar-refractivity contribution in [2.75, 3.05) is 12.0 Å². The molecule has 6 heteroatoms. The Morgan fingerprint density at radius 1 is 1.64 bits per heavy atom. The van der Waals surface area contributed by atoms with E-state index in [0.29, 0.717) is 6.67 Å². The second-order valence-corrected chi connectivity index (χ2v) is 3.36. The molecule has 0 saturated heterocycles. The summed E-state index contributed by atoms with van der Waals surface area (Å²) in [7, 11) is 0. The van der Waals surface area contributed by atoms with Crippen molar-refractivity contribution in [3.63, 3.8) is 0 Å². The Kier molecular flexibility index (Phi) is 2.41. The fourth-order valence-corrected chi connectivity index (χ4v) is 1.28. The summed E-state index contributed by atoms with van der Waals surface area (Å²) in [5.41, 5.74) is 0.999. The summed E-state index contributed by atoms with van der Waals surface area (Å²) < 4.78 is 1.49. The lowest BCUT2D eigenvalue weighted by Crippen LogP contribution is -2.21. The van der Waals surface area contributed by atoms with E-state index in [2.05, 4.69) is 20.5 Å². The van der Waals surface area contributed by atoms with Crippen LogP contribution in [0.25, 0.3) is 0 Å². The first-order valence-corrected chi connectivity index (χ1v) is 4.52. The quantitative estimate of drug-likeness (QED) is 0.729. The van der Waals surface area contributed by atoms with Crippen LogP contribution in [0.3, 0.4) is 0 Å². The number of hydrogen-bond acceptors (Lipinski definition) is 4. The van der Waals surface area contributed by atoms with Gasteiger partial charge in [0, 0.05) is 29.8 Å². The van der Waals surface area contributed by atoms with Crippen LogP contribution >= 0.6 is 11.8 Å². The van der Waals surface area contributed by atoms with Crippen LogP contribution < -0.4 is 5.32 Å². The highest BCUT2D eigenvalue weighted by Crippen LogP contribution is 2.14. The SMILES string of the molecule is Cc1cc(NC2=CC=NCN2Cl)n[nH]1. The topological polar surface area (TPSA) is 56.3 Å². The number of allylic oxidation sites excluding steroid dienone is 1. The van der Waals surface area contributed by atoms with Crippen LogP contribution in [0.4, 0.5) is 5.82 Å². The molecule has 0 amide bonds. The Bertz CT molecular complexity index is 381. The highest BCUT2D eigenvalue weighted by Gasteiger charge is 2.09. The smallest absolute Gasteiger partial charge is 0.153 e. The fraction of sp³-hybridized carbons (Fsp3) is 0.250. The standard InChI is InChI=1S/C8H10ClN5/c1-6-4-7(13-12-6)11-8-2-3-10-5-14(8)9/h2-4H,5H2,1H3,(H2,11,12,13). The van der Waals surface area contributed by atoms with E-state index in [9.17, 15) is 0 Å². The van der Waals surface area contributed by atoms with Gasteiger partial charge in [-0.2, -0.15) is 5.10 Å². The Morgan fingerprint density at radius 3 is 3.14 bits per heavy atom. The van der Waals surface area contributed by atoms with Gasteiger partial charge < -0.3 is 5.32 Å². The third-order valence-electron chi connectivity index (χ3n) is 1.77. The minimum Gasteiger partial charge on any atom is -0.324 e. The lowest BCUT2D eigenvalue weighted by Gasteiger charge is -2.19. The van der Waals surface area contributed by atoms with Crippen LogP contribution in [-0.4, -0.2) is 27.5 Å². The summed E-state index contributed by atoms with van der Waals surface area (Å²) in [6.07, 6.45) is 3.50. The Labute approximate surface area is 86.6 Å². The summed E-state index contributed by atoms with van der Waals surface area (Å²) in [5.74, 6) is 1.52. The molecule has 5 nitrogen and oxygen atoms in total. The number of aryl methyl sites for hydroxylation is 1. The van der Waals surface area contributed by atoms with Crippen molar-refractivity contribution >= 4 is 23.8 Å². The predicted molar refractivity (Wildman–Crippen MR) is 56.1 cm³/mol. The zero-order valence-corrected chi connectivity index (χ0v) is 8.41. The van der Waals surface area contributed by atoms with E-state index in [1.807, 2.05) is 13.0 Å². The molecule has 74 valence electrons. The van der Waals surface area contributed by atoms with E-state index in [1.165, 1.54) is 4.42 Å². The van der Waals surface area contributed by atoms with Crippen molar-refractivity contribution in [2.24, 2.45) is 4.99 Å². The van der Waals surface area contributed by atoms with E-state index in [1.54, 1.807) is 12.3 Å². The first kappa shape index (κ1) is 9.08. The summed E-state index contributed by atoms with van der Waals surface area (Å²) in [4.78, 5) is 3.98. The van der Waals surface area contributed by atoms with Crippen molar-refractivity contribution in [3.05, 3.63) is 23.7 Å². The normalized spacial score (nSPS) is 15.6. The molecule has 14 heavy (non-hydrogen) atoms. The van der Waals surface area contributed by atoms with Crippen molar-refractivity contribution in [1.29, 1.82) is 0 Å². The monoisotopic (exact) mass is 211 g/mol. The zero-order chi connectivity index (χ0) is 9.97. The summed E-state index contributed by atoms with van der Waals surface area (Å²) in [5, 5.41) is 9.95. The van der Waals surface area contributed by atoms with E-state index in [4.69, 9.17) is 11.8 Å². The van der Waals surface area contributed by atoms with Gasteiger partial charge in [-0.15, -0.1) is 0 Å². The molecule has 2 heterocycles. The highest BCUT2D eigenvalue weighted by molar-refractivity contribution is 6.15. The molecule has 2 N–H and O–H groups in total. The van der Waals surface area contributed by atoms with Crippen molar-refractivity contribution < 1.29 is 0 Å². The largest absolute Gasteiger partial charge is 0.324 e. The van der Waals surface area contributed by atoms with Gasteiger partial charge in [-0.25, -0.2) is 4.42 Å². The van der Waals surface area contributed by atoms with Gasteiger partial charge in [-0.3, -0.25) is 10.1 Å². The number of nitrogens with one attached hydrogen (secondary N) is 2. The molecule has 2 rings (SSSR count). The number of nitrogens with zero attached hydrogens (tertiary/aromatic N) is 3. The van der Waals surface area contributed by atoms with Crippen LogP contribution in [0.1, 0.15) is 5.69 Å². The molecule has 0 aliphatic carbocycles. The van der Waals surface area contributed by atoms with Gasteiger partial charge in [0.05, 0.1) is 0 Å².